The minimum Gasteiger partial charge on any atom is -0.390 e. The molecule has 0 saturated carbocycles. The molecule has 2 aliphatic rings. The van der Waals surface area contributed by atoms with Gasteiger partial charge in [0, 0.05) is 22.9 Å². The van der Waals surface area contributed by atoms with Crippen LogP contribution in [0.5, 0.6) is 0 Å². The predicted octanol–water partition coefficient (Wildman–Crippen LogP) is 3.67. The number of halogens is 1. The fourth-order valence-electron chi connectivity index (χ4n) is 3.27. The van der Waals surface area contributed by atoms with Crippen molar-refractivity contribution in [3.63, 3.8) is 0 Å². The molecule has 1 unspecified atom stereocenters. The lowest BCUT2D eigenvalue weighted by molar-refractivity contribution is 0.0951. The van der Waals surface area contributed by atoms with E-state index < -0.39 is 0 Å². The summed E-state index contributed by atoms with van der Waals surface area (Å²) in [4.78, 5) is 13.7. The van der Waals surface area contributed by atoms with E-state index in [0.29, 0.717) is 23.0 Å². The molecule has 2 aliphatic carbocycles. The van der Waals surface area contributed by atoms with Crippen molar-refractivity contribution in [2.24, 2.45) is 0 Å². The largest absolute Gasteiger partial charge is 0.390 e. The molecule has 0 spiro atoms. The fourth-order valence-corrected chi connectivity index (χ4v) is 4.51. The molecular weight excluding hydrogens is 299 g/mol. The van der Waals surface area contributed by atoms with Gasteiger partial charge in [-0.3, -0.25) is 4.79 Å². The van der Waals surface area contributed by atoms with E-state index in [0.717, 1.165) is 24.0 Å². The van der Waals surface area contributed by atoms with Crippen molar-refractivity contribution >= 4 is 27.8 Å². The van der Waals surface area contributed by atoms with Crippen LogP contribution in [-0.2, 0) is 6.54 Å². The predicted molar refractivity (Wildman–Crippen MR) is 86.3 cm³/mol. The number of carbonyl (C=O) groups excluding carboxylic acids is 1. The van der Waals surface area contributed by atoms with Crippen LogP contribution >= 0.6 is 11.3 Å². The van der Waals surface area contributed by atoms with Gasteiger partial charge >= 0.3 is 0 Å². The molecule has 0 bridgehead atoms. The van der Waals surface area contributed by atoms with Gasteiger partial charge in [-0.1, -0.05) is 18.2 Å². The third-order valence-corrected chi connectivity index (χ3v) is 5.49. The quantitative estimate of drug-likeness (QED) is 0.908. The van der Waals surface area contributed by atoms with Crippen LogP contribution in [0.25, 0.3) is 5.57 Å². The summed E-state index contributed by atoms with van der Waals surface area (Å²) < 4.78 is 12.9. The van der Waals surface area contributed by atoms with E-state index in [9.17, 15) is 9.18 Å². The maximum atomic E-state index is 12.9. The topological polar surface area (TPSA) is 55.1 Å². The number of rotatable bonds is 3. The Morgan fingerprint density at radius 3 is 2.91 bits per heavy atom. The summed E-state index contributed by atoms with van der Waals surface area (Å²) in [6, 6.07) is 6.11. The maximum absolute atomic E-state index is 12.9. The highest BCUT2D eigenvalue weighted by Gasteiger charge is 2.41. The van der Waals surface area contributed by atoms with E-state index in [4.69, 9.17) is 5.73 Å². The van der Waals surface area contributed by atoms with Gasteiger partial charge in [0.2, 0.25) is 0 Å². The summed E-state index contributed by atoms with van der Waals surface area (Å²) in [5.74, 6) is 0.0734. The number of hydrogen-bond acceptors (Lipinski definition) is 3. The Morgan fingerprint density at radius 1 is 1.36 bits per heavy atom. The van der Waals surface area contributed by atoms with Crippen molar-refractivity contribution in [3.05, 3.63) is 57.7 Å². The normalized spacial score (nSPS) is 18.2. The zero-order chi connectivity index (χ0) is 15.3. The Bertz CT molecular complexity index is 792. The van der Waals surface area contributed by atoms with E-state index in [2.05, 4.69) is 11.4 Å². The molecule has 4 rings (SSSR count). The molecule has 0 aliphatic heterocycles. The number of nitrogens with one attached hydrogen (secondary N) is 1. The zero-order valence-corrected chi connectivity index (χ0v) is 12.7. The first kappa shape index (κ1) is 13.5. The summed E-state index contributed by atoms with van der Waals surface area (Å²) in [6.07, 6.45) is 4.44. The summed E-state index contributed by atoms with van der Waals surface area (Å²) in [6.45, 7) is 0.367. The standard InChI is InChI=1S/C17H15FN2OS/c18-10-6-4-9(5-7-10)8-20-17(21)14-13-11-2-1-3-12(11)15(13)22-16(14)19/h2,4-7,12H,1,3,8,19H2,(H,20,21). The van der Waals surface area contributed by atoms with Crippen LogP contribution in [0, 0.1) is 5.82 Å². The van der Waals surface area contributed by atoms with Gasteiger partial charge < -0.3 is 11.1 Å². The highest BCUT2D eigenvalue weighted by atomic mass is 32.1. The van der Waals surface area contributed by atoms with Gasteiger partial charge in [0.05, 0.1) is 10.6 Å². The molecule has 1 aromatic carbocycles. The van der Waals surface area contributed by atoms with Crippen LogP contribution in [0.15, 0.2) is 30.3 Å². The van der Waals surface area contributed by atoms with Gasteiger partial charge in [-0.25, -0.2) is 4.39 Å². The van der Waals surface area contributed by atoms with E-state index >= 15 is 0 Å². The highest BCUT2D eigenvalue weighted by molar-refractivity contribution is 7.17. The third kappa shape index (κ3) is 1.96. The van der Waals surface area contributed by atoms with Gasteiger partial charge in [-0.15, -0.1) is 11.3 Å². The van der Waals surface area contributed by atoms with Crippen molar-refractivity contribution in [1.29, 1.82) is 0 Å². The van der Waals surface area contributed by atoms with Crippen LogP contribution in [0.2, 0.25) is 0 Å². The number of allylic oxidation sites excluding steroid dienone is 2. The molecule has 0 radical (unpaired) electrons. The van der Waals surface area contributed by atoms with Gasteiger partial charge in [-0.2, -0.15) is 0 Å². The van der Waals surface area contributed by atoms with Crippen LogP contribution in [0.3, 0.4) is 0 Å². The Labute approximate surface area is 131 Å². The number of fused-ring (bicyclic) bond motifs is 4. The SMILES string of the molecule is Nc1sc2c(c1C(=O)NCc1ccc(F)cc1)C1=CCCC12. The second kappa shape index (κ2) is 4.95. The van der Waals surface area contributed by atoms with E-state index in [1.807, 2.05) is 0 Å². The second-order valence-electron chi connectivity index (χ2n) is 5.68. The van der Waals surface area contributed by atoms with Crippen molar-refractivity contribution in [3.8, 4) is 0 Å². The molecule has 112 valence electrons. The first-order valence-electron chi connectivity index (χ1n) is 7.30. The number of nitrogens with two attached hydrogens (primary N) is 1. The van der Waals surface area contributed by atoms with Crippen molar-refractivity contribution < 1.29 is 9.18 Å². The number of benzene rings is 1. The molecule has 3 nitrogen and oxygen atoms in total. The van der Waals surface area contributed by atoms with Crippen LogP contribution in [-0.4, -0.2) is 5.91 Å². The first-order valence-corrected chi connectivity index (χ1v) is 8.12. The molecule has 3 N–H and O–H groups in total. The lowest BCUT2D eigenvalue weighted by atomic mass is 9.79. The average Bonchev–Trinajstić information content (AvgIpc) is 3.04. The summed E-state index contributed by atoms with van der Waals surface area (Å²) in [5, 5.41) is 3.48. The van der Waals surface area contributed by atoms with Crippen LogP contribution < -0.4 is 11.1 Å². The van der Waals surface area contributed by atoms with Crippen molar-refractivity contribution in [2.75, 3.05) is 5.73 Å². The van der Waals surface area contributed by atoms with Gasteiger partial charge in [0.25, 0.3) is 5.91 Å². The minimum atomic E-state index is -0.280. The van der Waals surface area contributed by atoms with Crippen molar-refractivity contribution in [1.82, 2.24) is 5.32 Å². The molecular formula is C17H15FN2OS. The monoisotopic (exact) mass is 314 g/mol. The first-order chi connectivity index (χ1) is 10.6. The lowest BCUT2D eigenvalue weighted by Crippen LogP contribution is -2.25. The molecule has 22 heavy (non-hydrogen) atoms. The second-order valence-corrected chi connectivity index (χ2v) is 6.76. The molecule has 0 saturated heterocycles. The van der Waals surface area contributed by atoms with Crippen LogP contribution in [0.1, 0.15) is 45.1 Å². The molecule has 5 heteroatoms. The third-order valence-electron chi connectivity index (χ3n) is 4.36. The zero-order valence-electron chi connectivity index (χ0n) is 11.9. The molecule has 1 amide bonds. The average molecular weight is 314 g/mol. The van der Waals surface area contributed by atoms with E-state index in [-0.39, 0.29) is 11.7 Å². The number of hydrogen-bond donors (Lipinski definition) is 2. The summed E-state index contributed by atoms with van der Waals surface area (Å²) >= 11 is 1.54. The minimum absolute atomic E-state index is 0.148. The Balaban J connectivity index is 1.54. The molecule has 0 fully saturated rings. The number of amides is 1. The van der Waals surface area contributed by atoms with E-state index in [1.165, 1.54) is 33.9 Å². The van der Waals surface area contributed by atoms with Gasteiger partial charge in [-0.05, 0) is 36.1 Å². The van der Waals surface area contributed by atoms with Crippen LogP contribution in [0.4, 0.5) is 9.39 Å². The Hall–Kier alpha value is -2.14. The fraction of sp³-hybridized carbons (Fsp3) is 0.235. The van der Waals surface area contributed by atoms with Gasteiger partial charge in [0.15, 0.2) is 0 Å². The number of thiophene rings is 1. The lowest BCUT2D eigenvalue weighted by Gasteiger charge is -2.26. The Morgan fingerprint density at radius 2 is 2.14 bits per heavy atom. The Kier molecular flexibility index (Phi) is 3.04. The number of anilines is 1. The molecule has 2 aromatic rings. The van der Waals surface area contributed by atoms with E-state index in [1.54, 1.807) is 12.1 Å². The highest BCUT2D eigenvalue weighted by Crippen LogP contribution is 2.58. The smallest absolute Gasteiger partial charge is 0.255 e. The number of nitrogen functional groups attached to an aromatic ring is 1. The van der Waals surface area contributed by atoms with Crippen molar-refractivity contribution in [2.45, 2.75) is 25.3 Å². The molecule has 1 heterocycles. The van der Waals surface area contributed by atoms with Gasteiger partial charge in [0.1, 0.15) is 5.82 Å². The summed E-state index contributed by atoms with van der Waals surface area (Å²) in [7, 11) is 0. The maximum Gasteiger partial charge on any atom is 0.255 e. The number of carbonyl (C=O) groups is 1. The molecule has 1 atom stereocenters. The molecule has 1 aromatic heterocycles. The summed E-state index contributed by atoms with van der Waals surface area (Å²) in [5.41, 5.74) is 9.88.